The molecule has 0 unspecified atom stereocenters. The number of rotatable bonds is 6. The molecular formula is C26H24F2IN5O2. The number of pyridine rings is 1. The number of halogens is 3. The van der Waals surface area contributed by atoms with Crippen LogP contribution in [0.1, 0.15) is 51.1 Å². The average Bonchev–Trinajstić information content (AvgIpc) is 2.90. The molecule has 0 aliphatic carbocycles. The summed E-state index contributed by atoms with van der Waals surface area (Å²) < 4.78 is 29.6. The Hall–Kier alpha value is -3.41. The van der Waals surface area contributed by atoms with Gasteiger partial charge in [0.15, 0.2) is 0 Å². The van der Waals surface area contributed by atoms with E-state index in [9.17, 15) is 18.4 Å². The average molecular weight is 603 g/mol. The summed E-state index contributed by atoms with van der Waals surface area (Å²) in [6.07, 6.45) is 4.70. The van der Waals surface area contributed by atoms with Gasteiger partial charge in [-0.2, -0.15) is 0 Å². The van der Waals surface area contributed by atoms with Crippen LogP contribution in [0.2, 0.25) is 0 Å². The highest BCUT2D eigenvalue weighted by atomic mass is 127. The minimum absolute atomic E-state index is 0.0207. The molecule has 1 saturated heterocycles. The topological polar surface area (TPSA) is 98.2 Å². The second-order valence-corrected chi connectivity index (χ2v) is 9.14. The zero-order valence-corrected chi connectivity index (χ0v) is 21.4. The van der Waals surface area contributed by atoms with Crippen molar-refractivity contribution in [1.29, 1.82) is 5.41 Å². The Balaban J connectivity index is 1.51. The number of amides is 2. The zero-order chi connectivity index (χ0) is 25.7. The van der Waals surface area contributed by atoms with Gasteiger partial charge in [-0.3, -0.25) is 15.0 Å². The molecule has 1 fully saturated rings. The van der Waals surface area contributed by atoms with Crippen molar-refractivity contribution >= 4 is 51.7 Å². The van der Waals surface area contributed by atoms with E-state index in [-0.39, 0.29) is 28.5 Å². The van der Waals surface area contributed by atoms with E-state index in [1.54, 1.807) is 18.3 Å². The van der Waals surface area contributed by atoms with E-state index in [4.69, 9.17) is 5.41 Å². The number of likely N-dealkylation sites (tertiary alicyclic amines) is 1. The molecule has 0 bridgehead atoms. The minimum Gasteiger partial charge on any atom is -0.357 e. The number of nitrogens with one attached hydrogen (secondary N) is 3. The second-order valence-electron chi connectivity index (χ2n) is 8.37. The molecule has 7 nitrogen and oxygen atoms in total. The standard InChI is InChI=1S/C26H24F2IN5O2/c27-18-6-8-22(20(13-18)26(36)33-23-9-4-16(14-29)15-31-23)32-25(35)19-7-5-17(12-21(19)28)24(30)34-10-2-1-3-11-34/h4-9,12-13,15,30H,1-3,10-11,14H2,(H,32,35)(H,31,33,36). The Morgan fingerprint density at radius 2 is 1.69 bits per heavy atom. The normalized spacial score (nSPS) is 13.2. The summed E-state index contributed by atoms with van der Waals surface area (Å²) >= 11 is 2.19. The molecule has 0 radical (unpaired) electrons. The molecule has 2 aromatic carbocycles. The number of anilines is 2. The van der Waals surface area contributed by atoms with Gasteiger partial charge in [0.2, 0.25) is 0 Å². The monoisotopic (exact) mass is 603 g/mol. The molecule has 0 atom stereocenters. The smallest absolute Gasteiger partial charge is 0.259 e. The molecule has 3 N–H and O–H groups in total. The number of carbonyl (C=O) groups excluding carboxylic acids is 2. The molecule has 2 heterocycles. The van der Waals surface area contributed by atoms with Gasteiger partial charge < -0.3 is 15.5 Å². The SMILES string of the molecule is N=C(c1ccc(C(=O)Nc2ccc(F)cc2C(=O)Nc2ccc(CI)cn2)c(F)c1)N1CCCCC1. The molecule has 10 heteroatoms. The van der Waals surface area contributed by atoms with Crippen LogP contribution in [0.3, 0.4) is 0 Å². The van der Waals surface area contributed by atoms with Crippen molar-refractivity contribution in [2.24, 2.45) is 0 Å². The van der Waals surface area contributed by atoms with Gasteiger partial charge in [-0.05, 0) is 61.2 Å². The highest BCUT2D eigenvalue weighted by molar-refractivity contribution is 14.1. The van der Waals surface area contributed by atoms with Gasteiger partial charge in [0.25, 0.3) is 11.8 Å². The summed E-state index contributed by atoms with van der Waals surface area (Å²) in [6, 6.07) is 10.8. The lowest BCUT2D eigenvalue weighted by atomic mass is 10.1. The van der Waals surface area contributed by atoms with Crippen LogP contribution in [0.25, 0.3) is 0 Å². The fourth-order valence-electron chi connectivity index (χ4n) is 3.91. The summed E-state index contributed by atoms with van der Waals surface area (Å²) in [6.45, 7) is 1.49. The Labute approximate surface area is 221 Å². The highest BCUT2D eigenvalue weighted by Crippen LogP contribution is 2.22. The van der Waals surface area contributed by atoms with Crippen LogP contribution in [0.5, 0.6) is 0 Å². The number of benzene rings is 2. The molecule has 1 aliphatic heterocycles. The predicted molar refractivity (Wildman–Crippen MR) is 143 cm³/mol. The summed E-state index contributed by atoms with van der Waals surface area (Å²) in [7, 11) is 0. The molecule has 0 spiro atoms. The van der Waals surface area contributed by atoms with Gasteiger partial charge in [0, 0.05) is 29.3 Å². The zero-order valence-electron chi connectivity index (χ0n) is 19.3. The first-order valence-electron chi connectivity index (χ1n) is 11.4. The third kappa shape index (κ3) is 6.04. The molecule has 186 valence electrons. The number of piperidine rings is 1. The first-order chi connectivity index (χ1) is 17.4. The fourth-order valence-corrected chi connectivity index (χ4v) is 4.36. The number of hydrogen-bond donors (Lipinski definition) is 3. The first-order valence-corrected chi connectivity index (χ1v) is 12.9. The predicted octanol–water partition coefficient (Wildman–Crippen LogP) is 5.61. The number of hydrogen-bond acceptors (Lipinski definition) is 4. The molecule has 1 aliphatic rings. The van der Waals surface area contributed by atoms with Gasteiger partial charge in [0.05, 0.1) is 16.8 Å². The number of alkyl halides is 1. The summed E-state index contributed by atoms with van der Waals surface area (Å²) in [5.41, 5.74) is 0.997. The Kier molecular flexibility index (Phi) is 8.24. The van der Waals surface area contributed by atoms with E-state index in [0.29, 0.717) is 5.56 Å². The van der Waals surface area contributed by atoms with E-state index in [1.807, 2.05) is 4.90 Å². The van der Waals surface area contributed by atoms with E-state index in [2.05, 4.69) is 38.2 Å². The first kappa shape index (κ1) is 25.7. The van der Waals surface area contributed by atoms with Gasteiger partial charge in [-0.15, -0.1) is 0 Å². The van der Waals surface area contributed by atoms with Crippen molar-refractivity contribution in [2.45, 2.75) is 23.7 Å². The lowest BCUT2D eigenvalue weighted by Crippen LogP contribution is -2.35. The van der Waals surface area contributed by atoms with Crippen molar-refractivity contribution in [2.75, 3.05) is 23.7 Å². The maximum atomic E-state index is 14.9. The summed E-state index contributed by atoms with van der Waals surface area (Å²) in [4.78, 5) is 31.7. The van der Waals surface area contributed by atoms with Crippen LogP contribution in [-0.4, -0.2) is 40.6 Å². The third-order valence-corrected chi connectivity index (χ3v) is 6.74. The van der Waals surface area contributed by atoms with E-state index < -0.39 is 23.4 Å². The van der Waals surface area contributed by atoms with Gasteiger partial charge in [0.1, 0.15) is 23.3 Å². The lowest BCUT2D eigenvalue weighted by Gasteiger charge is -2.29. The molecular weight excluding hydrogens is 579 g/mol. The van der Waals surface area contributed by atoms with Crippen molar-refractivity contribution in [1.82, 2.24) is 9.88 Å². The van der Waals surface area contributed by atoms with Crippen LogP contribution >= 0.6 is 22.6 Å². The van der Waals surface area contributed by atoms with Crippen molar-refractivity contribution in [3.05, 3.63) is 88.6 Å². The Bertz CT molecular complexity index is 1290. The number of carbonyl (C=O) groups is 2. The third-order valence-electron chi connectivity index (χ3n) is 5.85. The molecule has 1 aromatic heterocycles. The van der Waals surface area contributed by atoms with E-state index >= 15 is 0 Å². The molecule has 0 saturated carbocycles. The highest BCUT2D eigenvalue weighted by Gasteiger charge is 2.20. The van der Waals surface area contributed by atoms with Crippen molar-refractivity contribution in [3.8, 4) is 0 Å². The largest absolute Gasteiger partial charge is 0.357 e. The summed E-state index contributed by atoms with van der Waals surface area (Å²) in [5.74, 6) is -2.44. The van der Waals surface area contributed by atoms with E-state index in [1.165, 1.54) is 18.2 Å². The lowest BCUT2D eigenvalue weighted by molar-refractivity contribution is 0.102. The Morgan fingerprint density at radius 3 is 2.36 bits per heavy atom. The van der Waals surface area contributed by atoms with Crippen LogP contribution in [-0.2, 0) is 4.43 Å². The van der Waals surface area contributed by atoms with E-state index in [0.717, 1.165) is 60.5 Å². The Morgan fingerprint density at radius 1 is 0.944 bits per heavy atom. The molecule has 36 heavy (non-hydrogen) atoms. The minimum atomic E-state index is -0.797. The number of aromatic nitrogens is 1. The quantitative estimate of drug-likeness (QED) is 0.148. The van der Waals surface area contributed by atoms with Crippen molar-refractivity contribution in [3.63, 3.8) is 0 Å². The maximum absolute atomic E-state index is 14.9. The maximum Gasteiger partial charge on any atom is 0.259 e. The second kappa shape index (κ2) is 11.5. The van der Waals surface area contributed by atoms with Gasteiger partial charge in [-0.1, -0.05) is 34.7 Å². The van der Waals surface area contributed by atoms with Gasteiger partial charge >= 0.3 is 0 Å². The summed E-state index contributed by atoms with van der Waals surface area (Å²) in [5, 5.41) is 13.4. The molecule has 3 aromatic rings. The van der Waals surface area contributed by atoms with Crippen LogP contribution in [0, 0.1) is 17.0 Å². The molecule has 2 amide bonds. The molecule has 4 rings (SSSR count). The fraction of sp³-hybridized carbons (Fsp3) is 0.231. The van der Waals surface area contributed by atoms with Crippen LogP contribution in [0.4, 0.5) is 20.3 Å². The number of nitrogens with zero attached hydrogens (tertiary/aromatic N) is 2. The number of amidine groups is 1. The van der Waals surface area contributed by atoms with Gasteiger partial charge in [-0.25, -0.2) is 13.8 Å². The van der Waals surface area contributed by atoms with Crippen molar-refractivity contribution < 1.29 is 18.4 Å². The van der Waals surface area contributed by atoms with Crippen LogP contribution < -0.4 is 10.6 Å². The van der Waals surface area contributed by atoms with Crippen LogP contribution in [0.15, 0.2) is 54.7 Å².